The van der Waals surface area contributed by atoms with Crippen molar-refractivity contribution in [3.63, 3.8) is 0 Å². The van der Waals surface area contributed by atoms with Crippen molar-refractivity contribution in [1.29, 1.82) is 0 Å². The van der Waals surface area contributed by atoms with Gasteiger partial charge in [-0.1, -0.05) is 12.2 Å². The Kier molecular flexibility index (Phi) is 13.5. The van der Waals surface area contributed by atoms with Crippen LogP contribution in [0.4, 0.5) is 0 Å². The van der Waals surface area contributed by atoms with Crippen LogP contribution in [0.3, 0.4) is 0 Å². The van der Waals surface area contributed by atoms with Crippen LogP contribution in [-0.4, -0.2) is 36.3 Å². The molecule has 0 aliphatic carbocycles. The number of nitrogens with two attached hydrogens (primary N) is 2. The number of nitrogens with zero attached hydrogens (tertiary/aromatic N) is 1. The minimum atomic E-state index is 0.0880. The van der Waals surface area contributed by atoms with Crippen molar-refractivity contribution < 1.29 is 9.59 Å². The molecule has 1 fully saturated rings. The van der Waals surface area contributed by atoms with Gasteiger partial charge in [-0.15, -0.1) is 0 Å². The Morgan fingerprint density at radius 1 is 1.41 bits per heavy atom. The predicted octanol–water partition coefficient (Wildman–Crippen LogP) is 0.640. The van der Waals surface area contributed by atoms with Crippen molar-refractivity contribution >= 4 is 12.3 Å². The van der Waals surface area contributed by atoms with Crippen molar-refractivity contribution in [2.24, 2.45) is 11.5 Å². The lowest BCUT2D eigenvalue weighted by Gasteiger charge is -2.19. The molecule has 5 heteroatoms. The number of primary amides is 1. The van der Waals surface area contributed by atoms with E-state index in [4.69, 9.17) is 10.5 Å². The summed E-state index contributed by atoms with van der Waals surface area (Å²) in [5.74, 6) is 0.0880. The molecule has 5 nitrogen and oxygen atoms in total. The van der Waals surface area contributed by atoms with Gasteiger partial charge in [-0.25, -0.2) is 0 Å². The molecule has 0 aromatic heterocycles. The number of amides is 2. The molecule has 0 bridgehead atoms. The Balaban J connectivity index is 0. The smallest absolute Gasteiger partial charge is 0.236 e. The molecule has 1 aliphatic heterocycles. The zero-order chi connectivity index (χ0) is 13.7. The molecule has 0 saturated carbocycles. The summed E-state index contributed by atoms with van der Waals surface area (Å²) in [4.78, 5) is 21.5. The first kappa shape index (κ1) is 18.0. The largest absolute Gasteiger partial charge is 0.372 e. The molecule has 0 aromatic rings. The number of rotatable bonds is 1. The SMILES string of the molecule is C/C=C/C.CC1CCCN1C(=O)CN.NC=O. The topological polar surface area (TPSA) is 89.4 Å². The Bertz CT molecular complexity index is 226. The van der Waals surface area contributed by atoms with Gasteiger partial charge in [0, 0.05) is 12.6 Å². The fourth-order valence-corrected chi connectivity index (χ4v) is 1.42. The van der Waals surface area contributed by atoms with Crippen molar-refractivity contribution in [1.82, 2.24) is 4.90 Å². The van der Waals surface area contributed by atoms with Gasteiger partial charge < -0.3 is 16.4 Å². The number of allylic oxidation sites excluding steroid dienone is 2. The molecule has 1 saturated heterocycles. The van der Waals surface area contributed by atoms with Crippen LogP contribution in [0.1, 0.15) is 33.6 Å². The second-order valence-electron chi connectivity index (χ2n) is 3.59. The van der Waals surface area contributed by atoms with E-state index in [1.165, 1.54) is 0 Å². The van der Waals surface area contributed by atoms with Gasteiger partial charge in [-0.2, -0.15) is 0 Å². The van der Waals surface area contributed by atoms with Crippen LogP contribution < -0.4 is 11.5 Å². The summed E-state index contributed by atoms with van der Waals surface area (Å²) in [6, 6.07) is 0.413. The van der Waals surface area contributed by atoms with Crippen LogP contribution in [0.15, 0.2) is 12.2 Å². The van der Waals surface area contributed by atoms with E-state index in [0.29, 0.717) is 6.04 Å². The predicted molar refractivity (Wildman–Crippen MR) is 70.2 cm³/mol. The Morgan fingerprint density at radius 2 is 1.88 bits per heavy atom. The molecule has 0 aromatic carbocycles. The monoisotopic (exact) mass is 243 g/mol. The fourth-order valence-electron chi connectivity index (χ4n) is 1.42. The molecule has 17 heavy (non-hydrogen) atoms. The molecule has 100 valence electrons. The average molecular weight is 243 g/mol. The standard InChI is InChI=1S/C7H14N2O.C4H8.CH3NO/c1-6-3-2-4-9(6)7(10)5-8;1-3-4-2;2-1-3/h6H,2-5,8H2,1H3;3-4H,1-2H3;1H,(H2,2,3)/b;4-3+;. The number of likely N-dealkylation sites (tertiary alicyclic amines) is 1. The maximum absolute atomic E-state index is 11.0. The minimum Gasteiger partial charge on any atom is -0.372 e. The Labute approximate surface area is 104 Å². The fraction of sp³-hybridized carbons (Fsp3) is 0.667. The normalized spacial score (nSPS) is 17.9. The molecule has 2 amide bonds. The van der Waals surface area contributed by atoms with Crippen molar-refractivity contribution in [2.45, 2.75) is 39.7 Å². The van der Waals surface area contributed by atoms with E-state index in [-0.39, 0.29) is 18.9 Å². The molecule has 4 N–H and O–H groups in total. The van der Waals surface area contributed by atoms with Crippen LogP contribution in [0.5, 0.6) is 0 Å². The first-order valence-electron chi connectivity index (χ1n) is 5.81. The van der Waals surface area contributed by atoms with Gasteiger partial charge in [0.2, 0.25) is 12.3 Å². The van der Waals surface area contributed by atoms with Gasteiger partial charge in [0.15, 0.2) is 0 Å². The van der Waals surface area contributed by atoms with Gasteiger partial charge in [0.1, 0.15) is 0 Å². The summed E-state index contributed by atoms with van der Waals surface area (Å²) in [5.41, 5.74) is 9.39. The highest BCUT2D eigenvalue weighted by molar-refractivity contribution is 5.78. The van der Waals surface area contributed by atoms with E-state index in [1.54, 1.807) is 0 Å². The van der Waals surface area contributed by atoms with Crippen LogP contribution >= 0.6 is 0 Å². The number of carbonyl (C=O) groups excluding carboxylic acids is 2. The highest BCUT2D eigenvalue weighted by Crippen LogP contribution is 2.15. The summed E-state index contributed by atoms with van der Waals surface area (Å²) in [6.45, 7) is 7.13. The van der Waals surface area contributed by atoms with Crippen LogP contribution in [0.2, 0.25) is 0 Å². The minimum absolute atomic E-state index is 0.0880. The summed E-state index contributed by atoms with van der Waals surface area (Å²) in [7, 11) is 0. The van der Waals surface area contributed by atoms with Crippen molar-refractivity contribution in [3.8, 4) is 0 Å². The summed E-state index contributed by atoms with van der Waals surface area (Å²) >= 11 is 0. The van der Waals surface area contributed by atoms with Crippen LogP contribution in [0, 0.1) is 0 Å². The summed E-state index contributed by atoms with van der Waals surface area (Å²) in [5, 5.41) is 0. The van der Waals surface area contributed by atoms with Crippen LogP contribution in [0.25, 0.3) is 0 Å². The second kappa shape index (κ2) is 12.7. The maximum Gasteiger partial charge on any atom is 0.236 e. The first-order valence-corrected chi connectivity index (χ1v) is 5.81. The van der Waals surface area contributed by atoms with Gasteiger partial charge in [0.25, 0.3) is 0 Å². The van der Waals surface area contributed by atoms with E-state index in [9.17, 15) is 4.79 Å². The van der Waals surface area contributed by atoms with Gasteiger partial charge in [-0.3, -0.25) is 9.59 Å². The number of hydrogen-bond acceptors (Lipinski definition) is 3. The quantitative estimate of drug-likeness (QED) is 0.523. The third-order valence-corrected chi connectivity index (χ3v) is 2.38. The zero-order valence-corrected chi connectivity index (χ0v) is 11.1. The highest BCUT2D eigenvalue weighted by atomic mass is 16.2. The zero-order valence-electron chi connectivity index (χ0n) is 11.1. The lowest BCUT2D eigenvalue weighted by molar-refractivity contribution is -0.130. The van der Waals surface area contributed by atoms with Gasteiger partial charge in [-0.05, 0) is 33.6 Å². The molecular weight excluding hydrogens is 218 g/mol. The van der Waals surface area contributed by atoms with Gasteiger partial charge in [0.05, 0.1) is 6.54 Å². The van der Waals surface area contributed by atoms with Crippen molar-refractivity contribution in [3.05, 3.63) is 12.2 Å². The van der Waals surface area contributed by atoms with Crippen LogP contribution in [-0.2, 0) is 9.59 Å². The molecular formula is C12H25N3O2. The summed E-state index contributed by atoms with van der Waals surface area (Å²) in [6.07, 6.45) is 6.51. The van der Waals surface area contributed by atoms with E-state index in [0.717, 1.165) is 19.4 Å². The maximum atomic E-state index is 11.0. The van der Waals surface area contributed by atoms with Gasteiger partial charge >= 0.3 is 0 Å². The highest BCUT2D eigenvalue weighted by Gasteiger charge is 2.23. The number of carbonyl (C=O) groups is 2. The molecule has 1 rings (SSSR count). The lowest BCUT2D eigenvalue weighted by Crippen LogP contribution is -2.37. The van der Waals surface area contributed by atoms with E-state index in [1.807, 2.05) is 30.9 Å². The molecule has 1 heterocycles. The molecule has 1 aliphatic rings. The first-order chi connectivity index (χ1) is 8.08. The Morgan fingerprint density at radius 3 is 2.12 bits per heavy atom. The molecule has 0 spiro atoms. The van der Waals surface area contributed by atoms with E-state index in [2.05, 4.69) is 12.7 Å². The lowest BCUT2D eigenvalue weighted by atomic mass is 10.2. The summed E-state index contributed by atoms with van der Waals surface area (Å²) < 4.78 is 0. The second-order valence-corrected chi connectivity index (χ2v) is 3.59. The molecule has 0 radical (unpaired) electrons. The van der Waals surface area contributed by atoms with E-state index >= 15 is 0 Å². The third-order valence-electron chi connectivity index (χ3n) is 2.38. The average Bonchev–Trinajstić information content (AvgIpc) is 2.76. The number of hydrogen-bond donors (Lipinski definition) is 2. The molecule has 1 unspecified atom stereocenters. The van der Waals surface area contributed by atoms with Crippen molar-refractivity contribution in [2.75, 3.05) is 13.1 Å². The Hall–Kier alpha value is -1.36. The van der Waals surface area contributed by atoms with E-state index < -0.39 is 0 Å². The molecule has 1 atom stereocenters. The third kappa shape index (κ3) is 9.56.